The molecule has 0 saturated carbocycles. The average molecular weight is 587 g/mol. The molecule has 5 rings (SSSR count). The van der Waals surface area contributed by atoms with Crippen LogP contribution in [0.15, 0.2) is 72.5 Å². The fourth-order valence-corrected chi connectivity index (χ4v) is 5.14. The number of thiophene rings is 1. The number of nitrogens with two attached hydrogens (primary N) is 2. The summed E-state index contributed by atoms with van der Waals surface area (Å²) in [4.78, 5) is 39.4. The molecule has 0 fully saturated rings. The summed E-state index contributed by atoms with van der Waals surface area (Å²) in [6.07, 6.45) is 5.33. The van der Waals surface area contributed by atoms with Crippen molar-refractivity contribution in [2.75, 3.05) is 17.2 Å². The highest BCUT2D eigenvalue weighted by Gasteiger charge is 2.18. The van der Waals surface area contributed by atoms with Gasteiger partial charge in [0.2, 0.25) is 0 Å². The van der Waals surface area contributed by atoms with E-state index in [9.17, 15) is 9.18 Å². The van der Waals surface area contributed by atoms with E-state index in [1.807, 2.05) is 23.7 Å². The topological polar surface area (TPSA) is 201 Å². The summed E-state index contributed by atoms with van der Waals surface area (Å²) < 4.78 is 25.3. The van der Waals surface area contributed by atoms with Crippen LogP contribution in [0.1, 0.15) is 0 Å². The largest absolute Gasteiger partial charge is 0.466 e. The monoisotopic (exact) mass is 586 g/mol. The van der Waals surface area contributed by atoms with E-state index < -0.39 is 19.7 Å². The van der Waals surface area contributed by atoms with Gasteiger partial charge in [0.05, 0.1) is 30.7 Å². The highest BCUT2D eigenvalue weighted by Crippen LogP contribution is 2.42. The van der Waals surface area contributed by atoms with E-state index in [0.29, 0.717) is 23.7 Å². The number of nitrogens with zero attached hydrogens (tertiary/aromatic N) is 4. The fourth-order valence-electron chi connectivity index (χ4n) is 4.02. The average Bonchev–Trinajstić information content (AvgIpc) is 3.52. The Bertz CT molecular complexity index is 1700. The molecule has 12 nitrogen and oxygen atoms in total. The Balaban J connectivity index is 0.000000681. The molecule has 0 aliphatic rings. The maximum absolute atomic E-state index is 13.7. The number of fused-ring (bicyclic) bond motifs is 1. The first-order valence-electron chi connectivity index (χ1n) is 11.5. The van der Waals surface area contributed by atoms with Crippen molar-refractivity contribution in [1.29, 1.82) is 0 Å². The van der Waals surface area contributed by atoms with Gasteiger partial charge in [0.25, 0.3) is 0 Å². The summed E-state index contributed by atoms with van der Waals surface area (Å²) in [5.41, 5.74) is 16.3. The normalized spacial score (nSPS) is 11.2. The van der Waals surface area contributed by atoms with E-state index in [2.05, 4.69) is 10.1 Å². The highest BCUT2D eigenvalue weighted by atomic mass is 32.1. The molecule has 0 bridgehead atoms. The van der Waals surface area contributed by atoms with Crippen molar-refractivity contribution < 1.29 is 33.5 Å². The van der Waals surface area contributed by atoms with Gasteiger partial charge in [-0.2, -0.15) is 5.10 Å². The summed E-state index contributed by atoms with van der Waals surface area (Å²) in [5, 5.41) is 16.3. The number of aromatic nitrogens is 3. The Morgan fingerprint density at radius 3 is 2.38 bits per heavy atom. The van der Waals surface area contributed by atoms with Crippen LogP contribution in [0.2, 0.25) is 0 Å². The number of primary amides is 1. The smallest absolute Gasteiger partial charge is 0.394 e. The molecule has 0 saturated heterocycles. The number of aliphatic hydroxyl groups is 1. The van der Waals surface area contributed by atoms with Gasteiger partial charge in [-0.05, 0) is 41.3 Å². The number of pyridine rings is 1. The van der Waals surface area contributed by atoms with Crippen molar-refractivity contribution in [2.45, 2.75) is 6.54 Å². The maximum Gasteiger partial charge on any atom is 0.466 e. The first-order valence-corrected chi connectivity index (χ1v) is 13.9. The Morgan fingerprint density at radius 2 is 1.75 bits per heavy atom. The minimum absolute atomic E-state index is 0.00204. The number of hydrogen-bond donors (Lipinski definition) is 6. The molecule has 8 N–H and O–H groups in total. The first kappa shape index (κ1) is 28.8. The molecule has 0 spiro atoms. The molecule has 40 heavy (non-hydrogen) atoms. The lowest BCUT2D eigenvalue weighted by Crippen LogP contribution is -2.31. The van der Waals surface area contributed by atoms with Gasteiger partial charge in [0.1, 0.15) is 11.6 Å². The van der Waals surface area contributed by atoms with Gasteiger partial charge < -0.3 is 31.3 Å². The van der Waals surface area contributed by atoms with Gasteiger partial charge in [0.15, 0.2) is 0 Å². The summed E-state index contributed by atoms with van der Waals surface area (Å²) in [6, 6.07) is 12.2. The lowest BCUT2D eigenvalue weighted by Gasteiger charge is -2.21. The van der Waals surface area contributed by atoms with Gasteiger partial charge in [-0.15, -0.1) is 11.3 Å². The van der Waals surface area contributed by atoms with Crippen molar-refractivity contribution >= 4 is 52.5 Å². The quantitative estimate of drug-likeness (QED) is 0.160. The third-order valence-corrected chi connectivity index (χ3v) is 6.63. The summed E-state index contributed by atoms with van der Waals surface area (Å²) in [5.74, 6) is -0.0545. The minimum atomic E-state index is -4.64. The number of urea groups is 1. The third kappa shape index (κ3) is 6.69. The fraction of sp³-hybridized carbons (Fsp3) is 0.0800. The summed E-state index contributed by atoms with van der Waals surface area (Å²) >= 11 is 1.55. The van der Waals surface area contributed by atoms with Crippen LogP contribution in [0.3, 0.4) is 0 Å². The molecular formula is C25H24FN6O6PS. The number of hydrogen-bond acceptors (Lipinski definition) is 7. The minimum Gasteiger partial charge on any atom is -0.394 e. The lowest BCUT2D eigenvalue weighted by atomic mass is 10.0. The number of halogens is 1. The number of carbonyl (C=O) groups is 1. The van der Waals surface area contributed by atoms with Crippen molar-refractivity contribution in [3.05, 3.63) is 78.3 Å². The second kappa shape index (κ2) is 11.9. The molecule has 3 aromatic heterocycles. The first-order chi connectivity index (χ1) is 19.0. The summed E-state index contributed by atoms with van der Waals surface area (Å²) in [7, 11) is -4.64. The van der Waals surface area contributed by atoms with Gasteiger partial charge in [-0.25, -0.2) is 18.7 Å². The SMILES string of the molecule is NC(=O)N(c1ccc(-c2csc3c(-c4cnn(CCO)c4)cnc(N)c23)cc1)c1cccc(F)c1.O=P(O)(O)O. The Hall–Kier alpha value is -4.17. The van der Waals surface area contributed by atoms with Crippen molar-refractivity contribution in [3.8, 4) is 22.3 Å². The molecule has 0 aliphatic carbocycles. The Morgan fingerprint density at radius 1 is 1.05 bits per heavy atom. The predicted molar refractivity (Wildman–Crippen MR) is 150 cm³/mol. The van der Waals surface area contributed by atoms with Crippen LogP contribution < -0.4 is 16.4 Å². The lowest BCUT2D eigenvalue weighted by molar-refractivity contribution is 0.256. The zero-order valence-electron chi connectivity index (χ0n) is 20.6. The van der Waals surface area contributed by atoms with E-state index in [4.69, 9.17) is 35.8 Å². The van der Waals surface area contributed by atoms with Gasteiger partial charge >= 0.3 is 13.9 Å². The van der Waals surface area contributed by atoms with Crippen LogP contribution in [0, 0.1) is 5.82 Å². The number of aliphatic hydroxyl groups excluding tert-OH is 1. The van der Waals surface area contributed by atoms with Crippen LogP contribution in [0.4, 0.5) is 26.4 Å². The predicted octanol–water partition coefficient (Wildman–Crippen LogP) is 3.83. The third-order valence-electron chi connectivity index (χ3n) is 5.62. The molecule has 3 heterocycles. The Labute approximate surface area is 230 Å². The van der Waals surface area contributed by atoms with Crippen molar-refractivity contribution in [2.24, 2.45) is 5.73 Å². The van der Waals surface area contributed by atoms with Gasteiger partial charge in [-0.3, -0.25) is 9.58 Å². The van der Waals surface area contributed by atoms with Crippen LogP contribution >= 0.6 is 19.2 Å². The van der Waals surface area contributed by atoms with Crippen LogP contribution in [0.25, 0.3) is 32.3 Å². The van der Waals surface area contributed by atoms with E-state index in [0.717, 1.165) is 32.3 Å². The number of amides is 2. The number of anilines is 3. The van der Waals surface area contributed by atoms with Crippen molar-refractivity contribution in [3.63, 3.8) is 0 Å². The van der Waals surface area contributed by atoms with Gasteiger partial charge in [-0.1, -0.05) is 18.2 Å². The van der Waals surface area contributed by atoms with E-state index >= 15 is 0 Å². The summed E-state index contributed by atoms with van der Waals surface area (Å²) in [6.45, 7) is 0.410. The number of nitrogen functional groups attached to an aromatic ring is 1. The van der Waals surface area contributed by atoms with E-state index in [1.165, 1.54) is 23.1 Å². The molecule has 2 aromatic carbocycles. The van der Waals surface area contributed by atoms with Crippen LogP contribution in [0.5, 0.6) is 0 Å². The van der Waals surface area contributed by atoms with Crippen molar-refractivity contribution in [1.82, 2.24) is 14.8 Å². The molecule has 2 amide bonds. The number of benzene rings is 2. The van der Waals surface area contributed by atoms with Crippen LogP contribution in [-0.4, -0.2) is 47.2 Å². The number of rotatable bonds is 6. The Kier molecular flexibility index (Phi) is 8.59. The zero-order chi connectivity index (χ0) is 29.0. The molecule has 0 atom stereocenters. The van der Waals surface area contributed by atoms with Gasteiger partial charge in [0, 0.05) is 39.2 Å². The van der Waals surface area contributed by atoms with E-state index in [-0.39, 0.29) is 6.61 Å². The van der Waals surface area contributed by atoms with E-state index in [1.54, 1.807) is 46.6 Å². The number of carbonyl (C=O) groups excluding carboxylic acids is 1. The molecule has 0 aliphatic heterocycles. The highest BCUT2D eigenvalue weighted by molar-refractivity contribution is 7.45. The molecule has 15 heteroatoms. The molecular weight excluding hydrogens is 562 g/mol. The maximum atomic E-state index is 13.7. The molecule has 208 valence electrons. The van der Waals surface area contributed by atoms with Crippen LogP contribution in [-0.2, 0) is 11.1 Å². The zero-order valence-corrected chi connectivity index (χ0v) is 22.3. The second-order valence-corrected chi connectivity index (χ2v) is 10.2. The number of phosphoric acid groups is 1. The molecule has 0 unspecified atom stereocenters. The second-order valence-electron chi connectivity index (χ2n) is 8.34. The molecule has 5 aromatic rings. The molecule has 0 radical (unpaired) electrons. The standard InChI is InChI=1S/C25H21FN6O2S.H3O4P/c26-17-2-1-3-19(10-17)32(25(28)34)18-6-4-15(5-7-18)21-14-35-23-20(12-29-24(27)22(21)23)16-11-30-31(13-16)8-9-33;1-5(2,3)4/h1-7,10-14,33H,8-9H2,(H2,27,29)(H2,28,34);(H3,1,2,3,4).